The van der Waals surface area contributed by atoms with Crippen LogP contribution in [-0.4, -0.2) is 11.7 Å². The van der Waals surface area contributed by atoms with Gasteiger partial charge in [0.15, 0.2) is 5.78 Å². The van der Waals surface area contributed by atoms with E-state index in [1.165, 1.54) is 6.07 Å². The summed E-state index contributed by atoms with van der Waals surface area (Å²) in [4.78, 5) is 11.3. The zero-order valence-corrected chi connectivity index (χ0v) is 10.6. The Bertz CT molecular complexity index is 431. The Balaban J connectivity index is 3.56. The summed E-state index contributed by atoms with van der Waals surface area (Å²) in [6, 6.07) is 2.34. The van der Waals surface area contributed by atoms with E-state index in [4.69, 9.17) is 23.2 Å². The van der Waals surface area contributed by atoms with Crippen molar-refractivity contribution in [2.75, 3.05) is 5.88 Å². The fraction of sp³-hybridized carbons (Fsp3) is 0.222. The van der Waals surface area contributed by atoms with Crippen molar-refractivity contribution in [3.8, 4) is 0 Å². The van der Waals surface area contributed by atoms with Crippen LogP contribution in [0.5, 0.6) is 0 Å². The number of alkyl halides is 4. The molecule has 1 nitrogen and oxygen atoms in total. The molecule has 0 N–H and O–H groups in total. The van der Waals surface area contributed by atoms with E-state index in [0.717, 1.165) is 6.07 Å². The maximum Gasteiger partial charge on any atom is 0.418 e. The molecular weight excluding hydrogens is 332 g/mol. The molecule has 0 amide bonds. The Morgan fingerprint density at radius 2 is 1.94 bits per heavy atom. The number of benzene rings is 1. The van der Waals surface area contributed by atoms with Crippen molar-refractivity contribution in [3.63, 3.8) is 0 Å². The molecule has 0 bridgehead atoms. The lowest BCUT2D eigenvalue weighted by Crippen LogP contribution is -2.15. The summed E-state index contributed by atoms with van der Waals surface area (Å²) < 4.78 is 37.9. The van der Waals surface area contributed by atoms with E-state index in [9.17, 15) is 18.0 Å². The number of rotatable bonds is 2. The van der Waals surface area contributed by atoms with Crippen molar-refractivity contribution < 1.29 is 18.0 Å². The van der Waals surface area contributed by atoms with Crippen LogP contribution in [0.1, 0.15) is 15.9 Å². The normalized spacial score (nSPS) is 11.6. The number of carbonyl (C=O) groups excluding carboxylic acids is 1. The smallest absolute Gasteiger partial charge is 0.293 e. The van der Waals surface area contributed by atoms with E-state index in [-0.39, 0.29) is 9.50 Å². The second-order valence-electron chi connectivity index (χ2n) is 2.83. The summed E-state index contributed by atoms with van der Waals surface area (Å²) in [5.41, 5.74) is -1.69. The van der Waals surface area contributed by atoms with Crippen LogP contribution < -0.4 is 0 Å². The molecule has 0 saturated heterocycles. The highest BCUT2D eigenvalue weighted by Gasteiger charge is 2.38. The highest BCUT2D eigenvalue weighted by atomic mass is 79.9. The first-order valence-electron chi connectivity index (χ1n) is 3.93. The lowest BCUT2D eigenvalue weighted by Gasteiger charge is -2.14. The molecular formula is C9H4BrCl2F3O. The molecule has 0 atom stereocenters. The molecule has 0 unspecified atom stereocenters. The van der Waals surface area contributed by atoms with Gasteiger partial charge in [0, 0.05) is 4.47 Å². The predicted octanol–water partition coefficient (Wildman–Crippen LogP) is 4.54. The molecule has 7 heteroatoms. The zero-order valence-electron chi connectivity index (χ0n) is 7.54. The third-order valence-corrected chi connectivity index (χ3v) is 3.01. The maximum atomic E-state index is 12.7. The van der Waals surface area contributed by atoms with Gasteiger partial charge in [0.1, 0.15) is 0 Å². The van der Waals surface area contributed by atoms with Crippen molar-refractivity contribution >= 4 is 44.9 Å². The number of hydrogen-bond donors (Lipinski definition) is 0. The summed E-state index contributed by atoms with van der Waals surface area (Å²) in [7, 11) is 0. The molecule has 0 spiro atoms. The lowest BCUT2D eigenvalue weighted by atomic mass is 10.0. The molecule has 1 aromatic carbocycles. The van der Waals surface area contributed by atoms with Gasteiger partial charge in [-0.3, -0.25) is 4.79 Å². The Kier molecular flexibility index (Phi) is 4.26. The van der Waals surface area contributed by atoms with Crippen LogP contribution in [0.15, 0.2) is 16.6 Å². The number of halogens is 6. The van der Waals surface area contributed by atoms with E-state index >= 15 is 0 Å². The van der Waals surface area contributed by atoms with Crippen LogP contribution in [0.25, 0.3) is 0 Å². The SMILES string of the molecule is O=C(CCl)c1c(Cl)ccc(Br)c1C(F)(F)F. The van der Waals surface area contributed by atoms with Gasteiger partial charge in [-0.15, -0.1) is 11.6 Å². The van der Waals surface area contributed by atoms with Gasteiger partial charge in [0.2, 0.25) is 0 Å². The monoisotopic (exact) mass is 334 g/mol. The van der Waals surface area contributed by atoms with Crippen LogP contribution in [-0.2, 0) is 6.18 Å². The summed E-state index contributed by atoms with van der Waals surface area (Å²) in [5, 5.41) is -0.263. The average molecular weight is 336 g/mol. The minimum Gasteiger partial charge on any atom is -0.293 e. The Hall–Kier alpha value is -0.260. The highest BCUT2D eigenvalue weighted by Crippen LogP contribution is 2.40. The minimum atomic E-state index is -4.67. The molecule has 0 aliphatic rings. The first-order valence-corrected chi connectivity index (χ1v) is 5.64. The van der Waals surface area contributed by atoms with Gasteiger partial charge < -0.3 is 0 Å². The van der Waals surface area contributed by atoms with Crippen LogP contribution in [0.4, 0.5) is 13.2 Å². The maximum absolute atomic E-state index is 12.7. The van der Waals surface area contributed by atoms with Crippen molar-refractivity contribution in [3.05, 3.63) is 32.8 Å². The third kappa shape index (κ3) is 2.70. The quantitative estimate of drug-likeness (QED) is 0.572. The summed E-state index contributed by atoms with van der Waals surface area (Å²) in [6.45, 7) is 0. The number of hydrogen-bond acceptors (Lipinski definition) is 1. The number of ketones is 1. The largest absolute Gasteiger partial charge is 0.418 e. The first-order chi connectivity index (χ1) is 7.29. The van der Waals surface area contributed by atoms with Crippen molar-refractivity contribution in [1.29, 1.82) is 0 Å². The Morgan fingerprint density at radius 1 is 1.38 bits per heavy atom. The van der Waals surface area contributed by atoms with Gasteiger partial charge in [-0.1, -0.05) is 27.5 Å². The Labute approximate surface area is 108 Å². The second kappa shape index (κ2) is 4.94. The molecule has 0 radical (unpaired) electrons. The molecule has 0 saturated carbocycles. The molecule has 0 fully saturated rings. The summed E-state index contributed by atoms with van der Waals surface area (Å²) in [6.07, 6.45) is -4.67. The fourth-order valence-electron chi connectivity index (χ4n) is 1.17. The van der Waals surface area contributed by atoms with Gasteiger partial charge in [-0.25, -0.2) is 0 Å². The van der Waals surface area contributed by atoms with E-state index in [1.807, 2.05) is 0 Å². The third-order valence-electron chi connectivity index (χ3n) is 1.79. The summed E-state index contributed by atoms with van der Waals surface area (Å²) >= 11 is 13.6. The molecule has 88 valence electrons. The molecule has 1 aromatic rings. The van der Waals surface area contributed by atoms with Gasteiger partial charge in [0.25, 0.3) is 0 Å². The highest BCUT2D eigenvalue weighted by molar-refractivity contribution is 9.10. The van der Waals surface area contributed by atoms with E-state index in [0.29, 0.717) is 0 Å². The molecule has 0 aliphatic heterocycles. The Morgan fingerprint density at radius 3 is 2.38 bits per heavy atom. The molecule has 0 aromatic heterocycles. The van der Waals surface area contributed by atoms with Gasteiger partial charge >= 0.3 is 6.18 Å². The number of carbonyl (C=O) groups is 1. The van der Waals surface area contributed by atoms with E-state index in [2.05, 4.69) is 15.9 Å². The van der Waals surface area contributed by atoms with Gasteiger partial charge in [0.05, 0.1) is 22.0 Å². The summed E-state index contributed by atoms with van der Waals surface area (Å²) in [5.74, 6) is -1.42. The van der Waals surface area contributed by atoms with Crippen LogP contribution in [0.2, 0.25) is 5.02 Å². The first kappa shape index (κ1) is 13.8. The fourth-order valence-corrected chi connectivity index (χ4v) is 2.12. The van der Waals surface area contributed by atoms with Crippen molar-refractivity contribution in [2.45, 2.75) is 6.18 Å². The van der Waals surface area contributed by atoms with Gasteiger partial charge in [-0.2, -0.15) is 13.2 Å². The average Bonchev–Trinajstić information content (AvgIpc) is 2.18. The van der Waals surface area contributed by atoms with Crippen LogP contribution in [0, 0.1) is 0 Å². The standard InChI is InChI=1S/C9H4BrCl2F3O/c10-4-1-2-5(12)7(6(16)3-11)8(4)9(13,14)15/h1-2H,3H2. The zero-order chi connectivity index (χ0) is 12.5. The second-order valence-corrected chi connectivity index (χ2v) is 4.36. The minimum absolute atomic E-state index is 0.238. The van der Waals surface area contributed by atoms with Crippen molar-refractivity contribution in [2.24, 2.45) is 0 Å². The van der Waals surface area contributed by atoms with Crippen molar-refractivity contribution in [1.82, 2.24) is 0 Å². The topological polar surface area (TPSA) is 17.1 Å². The van der Waals surface area contributed by atoms with Crippen LogP contribution in [0.3, 0.4) is 0 Å². The van der Waals surface area contributed by atoms with Crippen LogP contribution >= 0.6 is 39.1 Å². The molecule has 0 heterocycles. The van der Waals surface area contributed by atoms with E-state index in [1.54, 1.807) is 0 Å². The van der Waals surface area contributed by atoms with Gasteiger partial charge in [-0.05, 0) is 12.1 Å². The van der Waals surface area contributed by atoms with E-state index < -0.39 is 29.0 Å². The molecule has 16 heavy (non-hydrogen) atoms. The molecule has 1 rings (SSSR count). The lowest BCUT2D eigenvalue weighted by molar-refractivity contribution is -0.138. The predicted molar refractivity (Wildman–Crippen MR) is 59.2 cm³/mol. The number of Topliss-reactive ketones (excluding diaryl/α,β-unsaturated/α-hetero) is 1. The molecule has 0 aliphatic carbocycles.